The molecule has 1 aliphatic carbocycles. The quantitative estimate of drug-likeness (QED) is 0.123. The van der Waals surface area contributed by atoms with Crippen molar-refractivity contribution in [1.29, 1.82) is 0 Å². The van der Waals surface area contributed by atoms with Crippen LogP contribution in [0.4, 0.5) is 9.59 Å². The van der Waals surface area contributed by atoms with Crippen molar-refractivity contribution in [2.45, 2.75) is 91.5 Å². The number of thiol groups is 1. The average Bonchev–Trinajstić information content (AvgIpc) is 3.93. The van der Waals surface area contributed by atoms with Crippen LogP contribution in [-0.2, 0) is 19.1 Å². The Morgan fingerprint density at radius 3 is 2.05 bits per heavy atom. The third-order valence-corrected chi connectivity index (χ3v) is 10.6. The van der Waals surface area contributed by atoms with Gasteiger partial charge in [0.25, 0.3) is 0 Å². The molecule has 3 aromatic carbocycles. The standard InChI is InChI=1S/C42H49N5O6S.C2H6.H3NS/c1-41(2,3)36(45-35(48)23-46(7)40(51)53-42(4,5)6)38(49)47-22-27(21-34(47)37-44-33(25-54-37)26-15-9-8-10-16-26)43-39(50)52-24-32-30-19-13-11-17-28(30)29-18-12-14-20-31(29)32;2*1-2/h8-20,25,27,32,34,36H,21-24H2,1-7H3,(H,43,50)(H,45,48);1-2H3;2H,1H2. The Hall–Kier alpha value is -4.92. The highest BCUT2D eigenvalue weighted by atomic mass is 32.1. The lowest BCUT2D eigenvalue weighted by atomic mass is 9.85. The summed E-state index contributed by atoms with van der Waals surface area (Å²) in [6.07, 6.45) is -0.801. The Balaban J connectivity index is 0.00000180. The molecule has 12 nitrogen and oxygen atoms in total. The molecule has 3 unspecified atom stereocenters. The molecule has 0 radical (unpaired) electrons. The number of likely N-dealkylation sites (N-methyl/N-ethyl adjacent to an activating group) is 1. The summed E-state index contributed by atoms with van der Waals surface area (Å²) in [6, 6.07) is 24.3. The maximum absolute atomic E-state index is 14.6. The van der Waals surface area contributed by atoms with Crippen LogP contribution in [0.2, 0.25) is 0 Å². The Kier molecular flexibility index (Phi) is 15.9. The Bertz CT molecular complexity index is 1970. The van der Waals surface area contributed by atoms with Crippen molar-refractivity contribution in [3.05, 3.63) is 100 Å². The summed E-state index contributed by atoms with van der Waals surface area (Å²) in [5.41, 5.74) is 4.86. The summed E-state index contributed by atoms with van der Waals surface area (Å²) in [6.45, 7) is 14.9. The van der Waals surface area contributed by atoms with Gasteiger partial charge in [-0.15, -0.1) is 24.2 Å². The number of nitrogens with two attached hydrogens (primary N) is 1. The van der Waals surface area contributed by atoms with Crippen LogP contribution in [0.5, 0.6) is 0 Å². The van der Waals surface area contributed by atoms with E-state index < -0.39 is 47.2 Å². The second kappa shape index (κ2) is 20.2. The van der Waals surface area contributed by atoms with Crippen LogP contribution in [0.25, 0.3) is 22.4 Å². The van der Waals surface area contributed by atoms with Crippen molar-refractivity contribution in [2.24, 2.45) is 10.6 Å². The molecule has 0 spiro atoms. The van der Waals surface area contributed by atoms with Crippen LogP contribution in [0.15, 0.2) is 84.2 Å². The minimum absolute atomic E-state index is 0.0882. The average molecular weight is 831 g/mol. The van der Waals surface area contributed by atoms with Gasteiger partial charge in [-0.25, -0.2) is 14.6 Å². The number of aromatic nitrogens is 1. The van der Waals surface area contributed by atoms with Gasteiger partial charge in [0, 0.05) is 30.5 Å². The molecule has 6 rings (SSSR count). The number of nitrogens with one attached hydrogen (secondary N) is 2. The number of thiazole rings is 1. The minimum Gasteiger partial charge on any atom is -0.449 e. The third-order valence-electron chi connectivity index (χ3n) is 9.63. The van der Waals surface area contributed by atoms with Gasteiger partial charge in [-0.1, -0.05) is 113 Å². The summed E-state index contributed by atoms with van der Waals surface area (Å²) in [7, 11) is 1.48. The van der Waals surface area contributed by atoms with Gasteiger partial charge in [0.05, 0.1) is 17.8 Å². The highest BCUT2D eigenvalue weighted by Crippen LogP contribution is 2.44. The van der Waals surface area contributed by atoms with Gasteiger partial charge < -0.3 is 29.9 Å². The van der Waals surface area contributed by atoms with Crippen LogP contribution in [0, 0.1) is 5.41 Å². The van der Waals surface area contributed by atoms with E-state index in [-0.39, 0.29) is 31.5 Å². The third kappa shape index (κ3) is 11.4. The molecular formula is C44H58N6O6S2. The van der Waals surface area contributed by atoms with E-state index in [1.807, 2.05) is 94.6 Å². The number of likely N-dealkylation sites (tertiary alicyclic amines) is 1. The SMILES string of the molecule is CC.CN(CC(=O)NC(C(=O)N1CC(NC(=O)OCC2c3ccccc3-c3ccccc32)CC1c1nc(-c2ccccc2)cs1)C(C)(C)C)C(=O)OC(C)(C)C.NS. The van der Waals surface area contributed by atoms with Crippen LogP contribution >= 0.6 is 24.2 Å². The number of ether oxygens (including phenoxy) is 2. The highest BCUT2D eigenvalue weighted by Gasteiger charge is 2.44. The lowest BCUT2D eigenvalue weighted by Gasteiger charge is -2.35. The number of rotatable bonds is 9. The van der Waals surface area contributed by atoms with E-state index in [4.69, 9.17) is 14.5 Å². The van der Waals surface area contributed by atoms with E-state index in [0.717, 1.165) is 38.5 Å². The number of hydrogen-bond acceptors (Lipinski definition) is 10. The van der Waals surface area contributed by atoms with Crippen molar-refractivity contribution in [2.75, 3.05) is 26.7 Å². The van der Waals surface area contributed by atoms with Gasteiger partial charge >= 0.3 is 12.2 Å². The monoisotopic (exact) mass is 830 g/mol. The molecule has 0 saturated carbocycles. The second-order valence-electron chi connectivity index (χ2n) is 16.0. The van der Waals surface area contributed by atoms with Crippen LogP contribution in [-0.4, -0.2) is 83.2 Å². The molecule has 0 bridgehead atoms. The molecule has 1 aromatic heterocycles. The first-order valence-corrected chi connectivity index (χ1v) is 20.9. The van der Waals surface area contributed by atoms with Crippen LogP contribution in [0.1, 0.15) is 89.9 Å². The normalized spacial score (nSPS) is 16.3. The molecule has 3 atom stereocenters. The van der Waals surface area contributed by atoms with E-state index in [2.05, 4.69) is 52.9 Å². The van der Waals surface area contributed by atoms with E-state index in [0.29, 0.717) is 6.42 Å². The number of fused-ring (bicyclic) bond motifs is 3. The fourth-order valence-electron chi connectivity index (χ4n) is 7.05. The first kappa shape index (κ1) is 45.8. The fourth-order valence-corrected chi connectivity index (χ4v) is 8.00. The van der Waals surface area contributed by atoms with Gasteiger partial charge in [0.1, 0.15) is 29.8 Å². The predicted molar refractivity (Wildman–Crippen MR) is 233 cm³/mol. The van der Waals surface area contributed by atoms with Gasteiger partial charge in [0.2, 0.25) is 11.8 Å². The molecular weight excluding hydrogens is 773 g/mol. The number of nitrogens with zero attached hydrogens (tertiary/aromatic N) is 3. The summed E-state index contributed by atoms with van der Waals surface area (Å²) in [4.78, 5) is 61.8. The molecule has 4 aromatic rings. The Morgan fingerprint density at radius 1 is 0.914 bits per heavy atom. The largest absolute Gasteiger partial charge is 0.449 e. The van der Waals surface area contributed by atoms with Gasteiger partial charge in [-0.05, 0) is 54.9 Å². The van der Waals surface area contributed by atoms with E-state index >= 15 is 0 Å². The number of carbonyl (C=O) groups excluding carboxylic acids is 4. The van der Waals surface area contributed by atoms with Crippen LogP contribution in [0.3, 0.4) is 0 Å². The number of carbonyl (C=O) groups is 4. The van der Waals surface area contributed by atoms with E-state index in [1.165, 1.54) is 23.3 Å². The van der Waals surface area contributed by atoms with Crippen molar-refractivity contribution in [3.8, 4) is 22.4 Å². The molecule has 14 heteroatoms. The number of alkyl carbamates (subject to hydrolysis) is 1. The number of hydrogen-bond donors (Lipinski definition) is 4. The Labute approximate surface area is 352 Å². The summed E-state index contributed by atoms with van der Waals surface area (Å²) in [5.74, 6) is -0.898. The van der Waals surface area contributed by atoms with E-state index in [1.54, 1.807) is 25.7 Å². The topological polar surface area (TPSA) is 156 Å². The highest BCUT2D eigenvalue weighted by molar-refractivity contribution is 7.77. The minimum atomic E-state index is -0.943. The fraction of sp³-hybridized carbons (Fsp3) is 0.432. The van der Waals surface area contributed by atoms with Gasteiger partial charge in [0.15, 0.2) is 0 Å². The summed E-state index contributed by atoms with van der Waals surface area (Å²) in [5, 5.41) is 12.8. The lowest BCUT2D eigenvalue weighted by Crippen LogP contribution is -2.56. The first-order valence-electron chi connectivity index (χ1n) is 19.5. The van der Waals surface area contributed by atoms with Crippen LogP contribution < -0.4 is 15.8 Å². The molecule has 1 aliphatic heterocycles. The van der Waals surface area contributed by atoms with Crippen molar-refractivity contribution in [3.63, 3.8) is 0 Å². The van der Waals surface area contributed by atoms with E-state index in [9.17, 15) is 19.2 Å². The summed E-state index contributed by atoms with van der Waals surface area (Å²) >= 11 is 4.48. The van der Waals surface area contributed by atoms with Gasteiger partial charge in [-0.3, -0.25) is 14.7 Å². The molecule has 2 aliphatic rings. The first-order chi connectivity index (χ1) is 27.6. The molecule has 58 heavy (non-hydrogen) atoms. The maximum Gasteiger partial charge on any atom is 0.410 e. The van der Waals surface area contributed by atoms with Crippen molar-refractivity contribution < 1.29 is 28.7 Å². The number of amides is 4. The lowest BCUT2D eigenvalue weighted by molar-refractivity contribution is -0.140. The maximum atomic E-state index is 14.6. The second-order valence-corrected chi connectivity index (χ2v) is 16.9. The molecule has 1 saturated heterocycles. The molecule has 1 fully saturated rings. The summed E-state index contributed by atoms with van der Waals surface area (Å²) < 4.78 is 11.3. The van der Waals surface area contributed by atoms with Crippen molar-refractivity contribution >= 4 is 48.2 Å². The zero-order chi connectivity index (χ0) is 42.8. The molecule has 4 N–H and O–H groups in total. The number of benzene rings is 3. The molecule has 4 amide bonds. The van der Waals surface area contributed by atoms with Gasteiger partial charge in [-0.2, -0.15) is 0 Å². The smallest absolute Gasteiger partial charge is 0.410 e. The molecule has 312 valence electrons. The van der Waals surface area contributed by atoms with Crippen molar-refractivity contribution in [1.82, 2.24) is 25.4 Å². The Morgan fingerprint density at radius 2 is 1.48 bits per heavy atom. The molecule has 2 heterocycles. The zero-order valence-corrected chi connectivity index (χ0v) is 36.7. The zero-order valence-electron chi connectivity index (χ0n) is 34.9. The predicted octanol–water partition coefficient (Wildman–Crippen LogP) is 8.20.